The van der Waals surface area contributed by atoms with Crippen LogP contribution in [0.5, 0.6) is 0 Å². The molecule has 0 aromatic carbocycles. The molecule has 0 saturated heterocycles. The molecule has 90 valence electrons. The summed E-state index contributed by atoms with van der Waals surface area (Å²) in [5, 5.41) is 14.2. The van der Waals surface area contributed by atoms with E-state index in [1.165, 1.54) is 6.20 Å². The Morgan fingerprint density at radius 3 is 2.94 bits per heavy atom. The van der Waals surface area contributed by atoms with E-state index in [1.807, 2.05) is 18.5 Å². The Hall–Kier alpha value is -1.50. The highest BCUT2D eigenvalue weighted by Crippen LogP contribution is 2.22. The number of Topliss-reactive ketones (excluding diaryl/α,β-unsaturated/α-hetero) is 1. The van der Waals surface area contributed by atoms with E-state index in [1.54, 1.807) is 0 Å². The number of nitrogens with zero attached hydrogens (tertiary/aromatic N) is 4. The van der Waals surface area contributed by atoms with Crippen LogP contribution in [-0.4, -0.2) is 31.0 Å². The van der Waals surface area contributed by atoms with Crippen molar-refractivity contribution < 1.29 is 4.79 Å². The lowest BCUT2D eigenvalue weighted by molar-refractivity contribution is 0.0985. The number of aromatic amines is 1. The number of aromatic nitrogens is 5. The smallest absolute Gasteiger partial charge is 0.190 e. The van der Waals surface area contributed by atoms with Crippen molar-refractivity contribution in [3.63, 3.8) is 0 Å². The summed E-state index contributed by atoms with van der Waals surface area (Å²) in [4.78, 5) is 11.9. The van der Waals surface area contributed by atoms with Crippen LogP contribution in [0.3, 0.4) is 0 Å². The van der Waals surface area contributed by atoms with E-state index < -0.39 is 0 Å². The zero-order valence-electron chi connectivity index (χ0n) is 9.57. The summed E-state index contributed by atoms with van der Waals surface area (Å²) in [6, 6.07) is 0. The fourth-order valence-corrected chi connectivity index (χ4v) is 2.04. The van der Waals surface area contributed by atoms with E-state index in [2.05, 4.69) is 36.4 Å². The lowest BCUT2D eigenvalue weighted by atomic mass is 10.1. The molecule has 0 unspecified atom stereocenters. The molecule has 0 bridgehead atoms. The fraction of sp³-hybridized carbons (Fsp3) is 0.400. The van der Waals surface area contributed by atoms with Gasteiger partial charge in [-0.1, -0.05) is 0 Å². The average molecular weight is 298 g/mol. The Bertz CT molecular complexity index is 531. The Morgan fingerprint density at radius 1 is 1.59 bits per heavy atom. The molecule has 0 aliphatic carbocycles. The van der Waals surface area contributed by atoms with Crippen LogP contribution in [0.4, 0.5) is 0 Å². The van der Waals surface area contributed by atoms with Crippen LogP contribution in [0.25, 0.3) is 0 Å². The Labute approximate surface area is 107 Å². The van der Waals surface area contributed by atoms with Crippen molar-refractivity contribution in [2.45, 2.75) is 26.8 Å². The summed E-state index contributed by atoms with van der Waals surface area (Å²) in [5.41, 5.74) is 2.10. The monoisotopic (exact) mass is 297 g/mol. The molecule has 0 aliphatic rings. The third-order valence-corrected chi connectivity index (χ3v) is 3.51. The Kier molecular flexibility index (Phi) is 3.37. The minimum absolute atomic E-state index is 0.0750. The first kappa shape index (κ1) is 12.0. The van der Waals surface area contributed by atoms with Gasteiger partial charge in [0.15, 0.2) is 5.78 Å². The van der Waals surface area contributed by atoms with Crippen LogP contribution < -0.4 is 0 Å². The number of aryl methyl sites for hydroxylation is 2. The SMILES string of the molecule is CCn1nc(C)c(Br)c1CC(=O)c1cn[nH]n1. The first-order valence-electron chi connectivity index (χ1n) is 5.24. The first-order chi connectivity index (χ1) is 8.13. The largest absolute Gasteiger partial charge is 0.292 e. The molecule has 0 atom stereocenters. The first-order valence-corrected chi connectivity index (χ1v) is 6.03. The number of halogens is 1. The quantitative estimate of drug-likeness (QED) is 0.868. The van der Waals surface area contributed by atoms with Crippen molar-refractivity contribution in [1.82, 2.24) is 25.2 Å². The zero-order valence-corrected chi connectivity index (χ0v) is 11.2. The predicted molar refractivity (Wildman–Crippen MR) is 64.8 cm³/mol. The van der Waals surface area contributed by atoms with E-state index in [0.29, 0.717) is 5.69 Å². The van der Waals surface area contributed by atoms with Crippen LogP contribution in [0.1, 0.15) is 28.8 Å². The number of hydrogen-bond acceptors (Lipinski definition) is 4. The topological polar surface area (TPSA) is 76.5 Å². The second-order valence-corrected chi connectivity index (χ2v) is 4.41. The predicted octanol–water partition coefficient (Wildman–Crippen LogP) is 1.52. The van der Waals surface area contributed by atoms with Gasteiger partial charge in [0, 0.05) is 6.54 Å². The number of hydrogen-bond donors (Lipinski definition) is 1. The number of nitrogens with one attached hydrogen (secondary N) is 1. The van der Waals surface area contributed by atoms with Gasteiger partial charge in [-0.05, 0) is 29.8 Å². The summed E-state index contributed by atoms with van der Waals surface area (Å²) in [5.74, 6) is -0.0750. The third kappa shape index (κ3) is 2.28. The lowest BCUT2D eigenvalue weighted by Crippen LogP contribution is -2.10. The van der Waals surface area contributed by atoms with Gasteiger partial charge in [-0.25, -0.2) is 0 Å². The molecule has 1 N–H and O–H groups in total. The molecule has 6 nitrogen and oxygen atoms in total. The minimum Gasteiger partial charge on any atom is -0.292 e. The molecule has 7 heteroatoms. The zero-order chi connectivity index (χ0) is 12.4. The van der Waals surface area contributed by atoms with Gasteiger partial charge in [0.1, 0.15) is 5.69 Å². The summed E-state index contributed by atoms with van der Waals surface area (Å²) in [6.45, 7) is 4.62. The minimum atomic E-state index is -0.0750. The Morgan fingerprint density at radius 2 is 2.35 bits per heavy atom. The van der Waals surface area contributed by atoms with Gasteiger partial charge in [0.2, 0.25) is 0 Å². The van der Waals surface area contributed by atoms with Gasteiger partial charge < -0.3 is 0 Å². The van der Waals surface area contributed by atoms with Crippen LogP contribution in [0.15, 0.2) is 10.7 Å². The molecule has 0 saturated carbocycles. The van der Waals surface area contributed by atoms with Crippen molar-refractivity contribution >= 4 is 21.7 Å². The van der Waals surface area contributed by atoms with E-state index in [-0.39, 0.29) is 12.2 Å². The van der Waals surface area contributed by atoms with Crippen molar-refractivity contribution in [2.24, 2.45) is 0 Å². The lowest BCUT2D eigenvalue weighted by Gasteiger charge is -2.03. The number of carbonyl (C=O) groups excluding carboxylic acids is 1. The third-order valence-electron chi connectivity index (χ3n) is 2.48. The molecule has 0 fully saturated rings. The van der Waals surface area contributed by atoms with E-state index >= 15 is 0 Å². The number of ketones is 1. The maximum absolute atomic E-state index is 11.9. The molecule has 2 aromatic rings. The molecule has 0 spiro atoms. The molecule has 0 radical (unpaired) electrons. The van der Waals surface area contributed by atoms with Crippen LogP contribution in [0, 0.1) is 6.92 Å². The second kappa shape index (κ2) is 4.79. The molecule has 2 rings (SSSR count). The van der Waals surface area contributed by atoms with Gasteiger partial charge in [0.05, 0.1) is 28.5 Å². The number of H-pyrrole nitrogens is 1. The summed E-state index contributed by atoms with van der Waals surface area (Å²) >= 11 is 3.45. The highest BCUT2D eigenvalue weighted by Gasteiger charge is 2.17. The molecule has 2 aromatic heterocycles. The molecule has 0 amide bonds. The molecular formula is C10H12BrN5O. The standard InChI is InChI=1S/C10H12BrN5O/c1-3-16-8(10(11)6(2)14-16)4-9(17)7-5-12-15-13-7/h5H,3-4H2,1-2H3,(H,12,13,15). The number of carbonyl (C=O) groups is 1. The summed E-state index contributed by atoms with van der Waals surface area (Å²) in [7, 11) is 0. The Balaban J connectivity index is 2.27. The van der Waals surface area contributed by atoms with E-state index in [4.69, 9.17) is 0 Å². The van der Waals surface area contributed by atoms with Crippen molar-refractivity contribution in [2.75, 3.05) is 0 Å². The fourth-order valence-electron chi connectivity index (χ4n) is 1.62. The van der Waals surface area contributed by atoms with E-state index in [0.717, 1.165) is 22.4 Å². The van der Waals surface area contributed by atoms with Gasteiger partial charge in [-0.3, -0.25) is 9.48 Å². The van der Waals surface area contributed by atoms with Gasteiger partial charge >= 0.3 is 0 Å². The van der Waals surface area contributed by atoms with Gasteiger partial charge in [-0.2, -0.15) is 20.5 Å². The molecule has 17 heavy (non-hydrogen) atoms. The summed E-state index contributed by atoms with van der Waals surface area (Å²) < 4.78 is 2.70. The molecule has 0 aliphatic heterocycles. The van der Waals surface area contributed by atoms with Gasteiger partial charge in [-0.15, -0.1) is 0 Å². The van der Waals surface area contributed by atoms with Crippen molar-refractivity contribution in [3.05, 3.63) is 27.8 Å². The normalized spacial score (nSPS) is 10.8. The van der Waals surface area contributed by atoms with Crippen LogP contribution >= 0.6 is 15.9 Å². The maximum atomic E-state index is 11.9. The molecule has 2 heterocycles. The van der Waals surface area contributed by atoms with Crippen LogP contribution in [0.2, 0.25) is 0 Å². The second-order valence-electron chi connectivity index (χ2n) is 3.62. The van der Waals surface area contributed by atoms with Crippen molar-refractivity contribution in [3.8, 4) is 0 Å². The van der Waals surface area contributed by atoms with E-state index in [9.17, 15) is 4.79 Å². The highest BCUT2D eigenvalue weighted by atomic mass is 79.9. The summed E-state index contributed by atoms with van der Waals surface area (Å²) in [6.07, 6.45) is 1.69. The van der Waals surface area contributed by atoms with Crippen LogP contribution in [-0.2, 0) is 13.0 Å². The van der Waals surface area contributed by atoms with Gasteiger partial charge in [0.25, 0.3) is 0 Å². The molecular weight excluding hydrogens is 286 g/mol. The highest BCUT2D eigenvalue weighted by molar-refractivity contribution is 9.10. The maximum Gasteiger partial charge on any atom is 0.190 e. The number of rotatable bonds is 4. The average Bonchev–Trinajstić information content (AvgIpc) is 2.92. The van der Waals surface area contributed by atoms with Crippen molar-refractivity contribution in [1.29, 1.82) is 0 Å².